The first-order chi connectivity index (χ1) is 12.4. The molecule has 5 rings (SSSR count). The van der Waals surface area contributed by atoms with Crippen LogP contribution in [0.4, 0.5) is 0 Å². The fourth-order valence-corrected chi connectivity index (χ4v) is 5.98. The second-order valence-corrected chi connectivity index (χ2v) is 9.05. The van der Waals surface area contributed by atoms with Crippen LogP contribution in [-0.4, -0.2) is 30.1 Å². The van der Waals surface area contributed by atoms with Gasteiger partial charge in [0.1, 0.15) is 0 Å². The molecule has 1 aromatic heterocycles. The van der Waals surface area contributed by atoms with Crippen LogP contribution < -0.4 is 5.32 Å². The van der Waals surface area contributed by atoms with E-state index < -0.39 is 0 Å². The summed E-state index contributed by atoms with van der Waals surface area (Å²) in [4.78, 5) is 4.31. The lowest BCUT2D eigenvalue weighted by molar-refractivity contribution is 0.0821. The normalized spacial score (nSPS) is 25.0. The second-order valence-electron chi connectivity index (χ2n) is 8.05. The summed E-state index contributed by atoms with van der Waals surface area (Å²) in [6, 6.07) is 13.5. The van der Waals surface area contributed by atoms with Gasteiger partial charge in [-0.25, -0.2) is 0 Å². The quantitative estimate of drug-likeness (QED) is 0.872. The van der Waals surface area contributed by atoms with Crippen molar-refractivity contribution in [2.45, 2.75) is 63.1 Å². The molecule has 2 fully saturated rings. The van der Waals surface area contributed by atoms with E-state index in [0.29, 0.717) is 12.1 Å². The number of hydrogen-bond donors (Lipinski definition) is 1. The fraction of sp³-hybridized carbons (Fsp3) is 0.545. The number of nitrogens with zero attached hydrogens (tertiary/aromatic N) is 1. The first-order valence-corrected chi connectivity index (χ1v) is 10.9. The predicted octanol–water partition coefficient (Wildman–Crippen LogP) is 4.54. The van der Waals surface area contributed by atoms with Gasteiger partial charge in [0.25, 0.3) is 0 Å². The van der Waals surface area contributed by atoms with Crippen LogP contribution >= 0.6 is 11.3 Å². The van der Waals surface area contributed by atoms with Gasteiger partial charge in [0.05, 0.1) is 6.04 Å². The van der Waals surface area contributed by atoms with Crippen molar-refractivity contribution in [1.82, 2.24) is 10.2 Å². The van der Waals surface area contributed by atoms with Gasteiger partial charge in [0.15, 0.2) is 0 Å². The Morgan fingerprint density at radius 3 is 2.60 bits per heavy atom. The van der Waals surface area contributed by atoms with Crippen LogP contribution in [0.1, 0.15) is 59.7 Å². The highest BCUT2D eigenvalue weighted by molar-refractivity contribution is 7.10. The molecule has 1 aromatic carbocycles. The van der Waals surface area contributed by atoms with Crippen LogP contribution in [0.2, 0.25) is 0 Å². The molecule has 3 heteroatoms. The fourth-order valence-electron chi connectivity index (χ4n) is 5.07. The van der Waals surface area contributed by atoms with Crippen molar-refractivity contribution < 1.29 is 0 Å². The van der Waals surface area contributed by atoms with Gasteiger partial charge in [-0.3, -0.25) is 4.90 Å². The molecule has 25 heavy (non-hydrogen) atoms. The molecule has 132 valence electrons. The Hall–Kier alpha value is -1.16. The highest BCUT2D eigenvalue weighted by Crippen LogP contribution is 2.40. The van der Waals surface area contributed by atoms with Gasteiger partial charge < -0.3 is 5.32 Å². The molecule has 0 radical (unpaired) electrons. The summed E-state index contributed by atoms with van der Waals surface area (Å²) in [6.07, 6.45) is 9.45. The number of benzene rings is 1. The van der Waals surface area contributed by atoms with Crippen molar-refractivity contribution in [3.8, 4) is 0 Å². The van der Waals surface area contributed by atoms with Gasteiger partial charge in [-0.15, -0.1) is 11.3 Å². The lowest BCUT2D eigenvalue weighted by Crippen LogP contribution is -2.61. The molecule has 0 spiro atoms. The first kappa shape index (κ1) is 16.0. The average Bonchev–Trinajstić information content (AvgIpc) is 3.02. The maximum Gasteiger partial charge on any atom is 0.0616 e. The van der Waals surface area contributed by atoms with Gasteiger partial charge in [0, 0.05) is 30.1 Å². The minimum absolute atomic E-state index is 0.476. The Balaban J connectivity index is 1.34. The number of aryl methyl sites for hydroxylation is 2. The number of nitrogens with one attached hydrogen (secondary N) is 1. The van der Waals surface area contributed by atoms with Crippen molar-refractivity contribution in [2.75, 3.05) is 13.1 Å². The molecule has 1 N–H and O–H groups in total. The maximum atomic E-state index is 3.94. The lowest BCUT2D eigenvalue weighted by atomic mass is 9.90. The summed E-state index contributed by atoms with van der Waals surface area (Å²) >= 11 is 1.95. The van der Waals surface area contributed by atoms with Gasteiger partial charge in [-0.1, -0.05) is 43.5 Å². The van der Waals surface area contributed by atoms with Crippen LogP contribution in [0.5, 0.6) is 0 Å². The highest BCUT2D eigenvalue weighted by Gasteiger charge is 2.37. The molecule has 2 aromatic rings. The highest BCUT2D eigenvalue weighted by atomic mass is 32.1. The third kappa shape index (κ3) is 3.07. The van der Waals surface area contributed by atoms with Crippen molar-refractivity contribution in [3.63, 3.8) is 0 Å². The molecule has 1 unspecified atom stereocenters. The SMILES string of the molecule is c1ccc2c(c1)CCc1sccc1C2N1CC(NC2CCCCC2)C1. The van der Waals surface area contributed by atoms with E-state index in [2.05, 4.69) is 45.9 Å². The number of likely N-dealkylation sites (tertiary alicyclic amines) is 1. The monoisotopic (exact) mass is 352 g/mol. The molecule has 1 aliphatic heterocycles. The van der Waals surface area contributed by atoms with E-state index in [0.717, 1.165) is 6.04 Å². The number of hydrogen-bond acceptors (Lipinski definition) is 3. The Bertz CT molecular complexity index is 725. The van der Waals surface area contributed by atoms with Gasteiger partial charge in [-0.2, -0.15) is 0 Å². The van der Waals surface area contributed by atoms with E-state index in [1.165, 1.54) is 58.0 Å². The molecule has 2 aliphatic carbocycles. The number of rotatable bonds is 3. The second kappa shape index (κ2) is 6.86. The molecule has 1 atom stereocenters. The summed E-state index contributed by atoms with van der Waals surface area (Å²) in [6.45, 7) is 2.40. The Morgan fingerprint density at radius 2 is 1.72 bits per heavy atom. The third-order valence-corrected chi connectivity index (χ3v) is 7.39. The largest absolute Gasteiger partial charge is 0.309 e. The summed E-state index contributed by atoms with van der Waals surface area (Å²) in [5, 5.41) is 6.24. The predicted molar refractivity (Wildman–Crippen MR) is 105 cm³/mol. The average molecular weight is 353 g/mol. The summed E-state index contributed by atoms with van der Waals surface area (Å²) in [5.74, 6) is 0. The van der Waals surface area contributed by atoms with Crippen molar-refractivity contribution in [3.05, 3.63) is 57.3 Å². The smallest absolute Gasteiger partial charge is 0.0616 e. The molecule has 1 saturated carbocycles. The number of fused-ring (bicyclic) bond motifs is 2. The summed E-state index contributed by atoms with van der Waals surface area (Å²) in [7, 11) is 0. The Kier molecular flexibility index (Phi) is 4.41. The van der Waals surface area contributed by atoms with Crippen LogP contribution in [0.25, 0.3) is 0 Å². The summed E-state index contributed by atoms with van der Waals surface area (Å²) < 4.78 is 0. The van der Waals surface area contributed by atoms with E-state index in [9.17, 15) is 0 Å². The molecule has 0 bridgehead atoms. The maximum absolute atomic E-state index is 3.94. The van der Waals surface area contributed by atoms with Gasteiger partial charge >= 0.3 is 0 Å². The zero-order valence-corrected chi connectivity index (χ0v) is 15.7. The molecular formula is C22H28N2S. The van der Waals surface area contributed by atoms with Crippen molar-refractivity contribution >= 4 is 11.3 Å². The van der Waals surface area contributed by atoms with Gasteiger partial charge in [0.2, 0.25) is 0 Å². The molecule has 3 aliphatic rings. The first-order valence-electron chi connectivity index (χ1n) is 10.0. The topological polar surface area (TPSA) is 15.3 Å². The van der Waals surface area contributed by atoms with E-state index >= 15 is 0 Å². The molecule has 0 amide bonds. The minimum Gasteiger partial charge on any atom is -0.309 e. The van der Waals surface area contributed by atoms with Crippen molar-refractivity contribution in [1.29, 1.82) is 0 Å². The Morgan fingerprint density at radius 1 is 0.880 bits per heavy atom. The minimum atomic E-state index is 0.476. The molecule has 2 nitrogen and oxygen atoms in total. The molecule has 1 saturated heterocycles. The molecule has 2 heterocycles. The van der Waals surface area contributed by atoms with E-state index in [4.69, 9.17) is 0 Å². The Labute approximate surface area is 155 Å². The van der Waals surface area contributed by atoms with E-state index in [-0.39, 0.29) is 0 Å². The number of thiophene rings is 1. The lowest BCUT2D eigenvalue weighted by Gasteiger charge is -2.46. The van der Waals surface area contributed by atoms with Crippen LogP contribution in [0, 0.1) is 0 Å². The standard InChI is InChI=1S/C22H28N2S/c1-2-7-17(8-3-1)23-18-14-24(15-18)22-19-9-5-4-6-16(19)10-11-21-20(22)12-13-25-21/h4-6,9,12-13,17-18,22-23H,1-3,7-8,10-11,14-15H2. The van der Waals surface area contributed by atoms with E-state index in [1.807, 2.05) is 11.3 Å². The molecular weight excluding hydrogens is 324 g/mol. The third-order valence-electron chi connectivity index (χ3n) is 6.40. The summed E-state index contributed by atoms with van der Waals surface area (Å²) in [5.41, 5.74) is 4.68. The van der Waals surface area contributed by atoms with Crippen LogP contribution in [-0.2, 0) is 12.8 Å². The van der Waals surface area contributed by atoms with Gasteiger partial charge in [-0.05, 0) is 53.8 Å². The zero-order chi connectivity index (χ0) is 16.6. The van der Waals surface area contributed by atoms with Crippen molar-refractivity contribution in [2.24, 2.45) is 0 Å². The zero-order valence-electron chi connectivity index (χ0n) is 14.9. The van der Waals surface area contributed by atoms with E-state index in [1.54, 1.807) is 21.6 Å². The van der Waals surface area contributed by atoms with Crippen LogP contribution in [0.15, 0.2) is 35.7 Å². The van der Waals surface area contributed by atoms with Crippen LogP contribution in [0.3, 0.4) is 0 Å².